The van der Waals surface area contributed by atoms with Crippen LogP contribution >= 0.6 is 0 Å². The first-order valence-electron chi connectivity index (χ1n) is 13.7. The van der Waals surface area contributed by atoms with Crippen molar-refractivity contribution in [1.82, 2.24) is 10.2 Å². The zero-order chi connectivity index (χ0) is 29.3. The van der Waals surface area contributed by atoms with Crippen molar-refractivity contribution in [3.05, 3.63) is 101 Å². The standard InChI is InChI=1S/C32H41N3O4S/c1-24(2)33-32(37)30(22-27-13-7-6-8-14-27)34(23-28-15-10-9-12-26(28)4)31(36)16-11-21-35(40(5,38)39)29-19-17-25(3)18-20-29/h6-10,12-15,17-20,24,30H,11,16,21-23H2,1-5H3,(H,33,37)/t30-/m0/s1. The number of aryl methyl sites for hydroxylation is 2. The van der Waals surface area contributed by atoms with Crippen LogP contribution in [0.4, 0.5) is 5.69 Å². The predicted molar refractivity (Wildman–Crippen MR) is 162 cm³/mol. The SMILES string of the molecule is Cc1ccc(N(CCCC(=O)N(Cc2ccccc2C)[C@@H](Cc2ccccc2)C(=O)NC(C)C)S(C)(=O)=O)cc1. The third-order valence-electron chi connectivity index (χ3n) is 6.78. The largest absolute Gasteiger partial charge is 0.352 e. The molecular formula is C32H41N3O4S. The van der Waals surface area contributed by atoms with Crippen molar-refractivity contribution >= 4 is 27.5 Å². The van der Waals surface area contributed by atoms with E-state index in [-0.39, 0.29) is 37.4 Å². The van der Waals surface area contributed by atoms with Crippen LogP contribution in [0.25, 0.3) is 0 Å². The molecule has 0 aliphatic heterocycles. The Morgan fingerprint density at radius 2 is 1.50 bits per heavy atom. The van der Waals surface area contributed by atoms with Crippen LogP contribution in [0.3, 0.4) is 0 Å². The summed E-state index contributed by atoms with van der Waals surface area (Å²) in [5.74, 6) is -0.404. The minimum atomic E-state index is -3.54. The second-order valence-corrected chi connectivity index (χ2v) is 12.5. The van der Waals surface area contributed by atoms with Gasteiger partial charge in [-0.05, 0) is 62.9 Å². The molecule has 7 nitrogen and oxygen atoms in total. The third-order valence-corrected chi connectivity index (χ3v) is 7.97. The molecule has 3 aromatic rings. The first-order chi connectivity index (χ1) is 19.0. The fourth-order valence-corrected chi connectivity index (χ4v) is 5.59. The van der Waals surface area contributed by atoms with Crippen molar-refractivity contribution in [1.29, 1.82) is 0 Å². The monoisotopic (exact) mass is 563 g/mol. The summed E-state index contributed by atoms with van der Waals surface area (Å²) in [5.41, 5.74) is 4.55. The molecule has 0 aliphatic rings. The van der Waals surface area contributed by atoms with Gasteiger partial charge in [-0.25, -0.2) is 8.42 Å². The number of hydrogen-bond donors (Lipinski definition) is 1. The Labute approximate surface area is 239 Å². The number of carbonyl (C=O) groups excluding carboxylic acids is 2. The van der Waals surface area contributed by atoms with Gasteiger partial charge in [0.25, 0.3) is 0 Å². The van der Waals surface area contributed by atoms with E-state index in [0.717, 1.165) is 22.3 Å². The van der Waals surface area contributed by atoms with E-state index < -0.39 is 16.1 Å². The van der Waals surface area contributed by atoms with Crippen LogP contribution in [0.2, 0.25) is 0 Å². The minimum absolute atomic E-state index is 0.0842. The van der Waals surface area contributed by atoms with Crippen LogP contribution in [0.15, 0.2) is 78.9 Å². The average molecular weight is 564 g/mol. The van der Waals surface area contributed by atoms with Gasteiger partial charge in [0.15, 0.2) is 0 Å². The highest BCUT2D eigenvalue weighted by molar-refractivity contribution is 7.92. The molecule has 1 N–H and O–H groups in total. The van der Waals surface area contributed by atoms with Crippen molar-refractivity contribution in [2.75, 3.05) is 17.1 Å². The summed E-state index contributed by atoms with van der Waals surface area (Å²) in [6.45, 7) is 8.17. The van der Waals surface area contributed by atoms with E-state index in [1.54, 1.807) is 17.0 Å². The van der Waals surface area contributed by atoms with Crippen LogP contribution in [-0.2, 0) is 32.6 Å². The van der Waals surface area contributed by atoms with Gasteiger partial charge in [-0.15, -0.1) is 0 Å². The normalized spacial score (nSPS) is 12.2. The van der Waals surface area contributed by atoms with Gasteiger partial charge >= 0.3 is 0 Å². The van der Waals surface area contributed by atoms with Gasteiger partial charge in [0.05, 0.1) is 11.9 Å². The lowest BCUT2D eigenvalue weighted by Crippen LogP contribution is -2.52. The van der Waals surface area contributed by atoms with E-state index in [9.17, 15) is 18.0 Å². The highest BCUT2D eigenvalue weighted by Gasteiger charge is 2.31. The summed E-state index contributed by atoms with van der Waals surface area (Å²) in [6.07, 6.45) is 1.96. The Hall–Kier alpha value is -3.65. The van der Waals surface area contributed by atoms with Crippen LogP contribution in [0.1, 0.15) is 48.9 Å². The maximum Gasteiger partial charge on any atom is 0.243 e. The molecular weight excluding hydrogens is 522 g/mol. The fourth-order valence-electron chi connectivity index (χ4n) is 4.62. The average Bonchev–Trinajstić information content (AvgIpc) is 2.89. The molecule has 2 amide bonds. The Balaban J connectivity index is 1.88. The van der Waals surface area contributed by atoms with Gasteiger partial charge in [-0.3, -0.25) is 13.9 Å². The number of carbonyl (C=O) groups is 2. The number of nitrogens with one attached hydrogen (secondary N) is 1. The molecule has 0 heterocycles. The molecule has 0 aliphatic carbocycles. The van der Waals surface area contributed by atoms with Crippen molar-refractivity contribution < 1.29 is 18.0 Å². The lowest BCUT2D eigenvalue weighted by molar-refractivity contribution is -0.141. The maximum atomic E-state index is 13.9. The van der Waals surface area contributed by atoms with E-state index in [4.69, 9.17) is 0 Å². The molecule has 1 atom stereocenters. The molecule has 40 heavy (non-hydrogen) atoms. The van der Waals surface area contributed by atoms with Crippen molar-refractivity contribution in [2.24, 2.45) is 0 Å². The van der Waals surface area contributed by atoms with E-state index in [2.05, 4.69) is 5.32 Å². The molecule has 214 valence electrons. The molecule has 0 aromatic heterocycles. The van der Waals surface area contributed by atoms with E-state index >= 15 is 0 Å². The molecule has 0 saturated carbocycles. The number of benzene rings is 3. The molecule has 3 aromatic carbocycles. The Morgan fingerprint density at radius 1 is 0.875 bits per heavy atom. The van der Waals surface area contributed by atoms with Gasteiger partial charge in [-0.1, -0.05) is 72.3 Å². The van der Waals surface area contributed by atoms with Crippen LogP contribution in [0, 0.1) is 13.8 Å². The summed E-state index contributed by atoms with van der Waals surface area (Å²) >= 11 is 0. The van der Waals surface area contributed by atoms with Gasteiger partial charge in [0, 0.05) is 32.0 Å². The zero-order valence-electron chi connectivity index (χ0n) is 24.1. The Bertz CT molecular complexity index is 1370. The molecule has 0 saturated heterocycles. The van der Waals surface area contributed by atoms with Crippen LogP contribution in [0.5, 0.6) is 0 Å². The van der Waals surface area contributed by atoms with Crippen LogP contribution < -0.4 is 9.62 Å². The van der Waals surface area contributed by atoms with Crippen molar-refractivity contribution in [2.45, 2.75) is 65.6 Å². The molecule has 0 radical (unpaired) electrons. The first-order valence-corrected chi connectivity index (χ1v) is 15.5. The minimum Gasteiger partial charge on any atom is -0.352 e. The molecule has 0 unspecified atom stereocenters. The van der Waals surface area contributed by atoms with Gasteiger partial charge in [0.1, 0.15) is 6.04 Å². The van der Waals surface area contributed by atoms with Gasteiger partial charge in [0.2, 0.25) is 21.8 Å². The van der Waals surface area contributed by atoms with Gasteiger partial charge < -0.3 is 10.2 Å². The number of anilines is 1. The maximum absolute atomic E-state index is 13.9. The summed E-state index contributed by atoms with van der Waals surface area (Å²) < 4.78 is 26.5. The number of amides is 2. The van der Waals surface area contributed by atoms with Crippen LogP contribution in [-0.4, -0.2) is 50.0 Å². The summed E-state index contributed by atoms with van der Waals surface area (Å²) in [5, 5.41) is 3.00. The molecule has 0 spiro atoms. The van der Waals surface area contributed by atoms with E-state index in [0.29, 0.717) is 18.5 Å². The second-order valence-electron chi connectivity index (χ2n) is 10.6. The van der Waals surface area contributed by atoms with E-state index in [1.165, 1.54) is 10.6 Å². The summed E-state index contributed by atoms with van der Waals surface area (Å²) in [7, 11) is -3.54. The lowest BCUT2D eigenvalue weighted by Gasteiger charge is -2.33. The molecule has 8 heteroatoms. The number of rotatable bonds is 13. The van der Waals surface area contributed by atoms with Gasteiger partial charge in [-0.2, -0.15) is 0 Å². The highest BCUT2D eigenvalue weighted by atomic mass is 32.2. The molecule has 0 bridgehead atoms. The second kappa shape index (κ2) is 14.1. The van der Waals surface area contributed by atoms with Crippen molar-refractivity contribution in [3.8, 4) is 0 Å². The van der Waals surface area contributed by atoms with E-state index in [1.807, 2.05) is 94.4 Å². The Kier molecular flexibility index (Phi) is 10.9. The molecule has 3 rings (SSSR count). The number of sulfonamides is 1. The lowest BCUT2D eigenvalue weighted by atomic mass is 10.0. The smallest absolute Gasteiger partial charge is 0.243 e. The first kappa shape index (κ1) is 30.9. The summed E-state index contributed by atoms with van der Waals surface area (Å²) in [4.78, 5) is 29.0. The predicted octanol–water partition coefficient (Wildman–Crippen LogP) is 5.01. The Morgan fingerprint density at radius 3 is 2.10 bits per heavy atom. The zero-order valence-corrected chi connectivity index (χ0v) is 24.9. The topological polar surface area (TPSA) is 86.8 Å². The fraction of sp³-hybridized carbons (Fsp3) is 0.375. The third kappa shape index (κ3) is 8.95. The number of hydrogen-bond acceptors (Lipinski definition) is 4. The quantitative estimate of drug-likeness (QED) is 0.317. The summed E-state index contributed by atoms with van der Waals surface area (Å²) in [6, 6.07) is 24.0. The number of nitrogens with zero attached hydrogens (tertiary/aromatic N) is 2. The van der Waals surface area contributed by atoms with Crippen molar-refractivity contribution in [3.63, 3.8) is 0 Å². The molecule has 0 fully saturated rings. The highest BCUT2D eigenvalue weighted by Crippen LogP contribution is 2.21.